The van der Waals surface area contributed by atoms with Gasteiger partial charge in [-0.25, -0.2) is 0 Å². The number of esters is 1. The fraction of sp³-hybridized carbons (Fsp3) is 0.364. The molecule has 9 heteroatoms. The van der Waals surface area contributed by atoms with Crippen molar-refractivity contribution < 1.29 is 37.0 Å². The minimum atomic E-state index is -4.45. The van der Waals surface area contributed by atoms with Crippen LogP contribution < -0.4 is 9.47 Å². The van der Waals surface area contributed by atoms with E-state index in [9.17, 15) is 22.8 Å². The monoisotopic (exact) mass is 437 g/mol. The molecular formula is C22H22F3NO5. The molecule has 31 heavy (non-hydrogen) atoms. The first-order valence-electron chi connectivity index (χ1n) is 9.74. The van der Waals surface area contributed by atoms with Gasteiger partial charge in [0.1, 0.15) is 19.8 Å². The van der Waals surface area contributed by atoms with Crippen LogP contribution in [0.5, 0.6) is 11.5 Å². The normalized spacial score (nSPS) is 12.9. The molecule has 0 aromatic heterocycles. The molecule has 6 nitrogen and oxygen atoms in total. The Balaban J connectivity index is 1.74. The van der Waals surface area contributed by atoms with Gasteiger partial charge in [-0.3, -0.25) is 9.59 Å². The van der Waals surface area contributed by atoms with Crippen LogP contribution in [-0.2, 0) is 33.5 Å². The molecule has 1 aliphatic heterocycles. The number of hydrogen-bond acceptors (Lipinski definition) is 5. The first kappa shape index (κ1) is 22.5. The summed E-state index contributed by atoms with van der Waals surface area (Å²) in [5.74, 6) is 0.168. The van der Waals surface area contributed by atoms with E-state index in [2.05, 4.69) is 0 Å². The van der Waals surface area contributed by atoms with Gasteiger partial charge in [0.15, 0.2) is 11.5 Å². The zero-order valence-corrected chi connectivity index (χ0v) is 16.9. The van der Waals surface area contributed by atoms with Crippen LogP contribution >= 0.6 is 0 Å². The fourth-order valence-electron chi connectivity index (χ4n) is 3.10. The van der Waals surface area contributed by atoms with Crippen LogP contribution in [0.3, 0.4) is 0 Å². The summed E-state index contributed by atoms with van der Waals surface area (Å²) in [6.45, 7) is 2.33. The smallest absolute Gasteiger partial charge is 0.416 e. The molecule has 1 amide bonds. The summed E-state index contributed by atoms with van der Waals surface area (Å²) >= 11 is 0. The average Bonchev–Trinajstić information content (AvgIpc) is 2.73. The second-order valence-corrected chi connectivity index (χ2v) is 6.90. The Labute approximate surface area is 177 Å². The van der Waals surface area contributed by atoms with Crippen molar-refractivity contribution in [1.29, 1.82) is 0 Å². The molecule has 0 saturated heterocycles. The first-order valence-corrected chi connectivity index (χ1v) is 9.74. The van der Waals surface area contributed by atoms with Crippen LogP contribution in [-0.4, -0.2) is 43.1 Å². The molecule has 3 rings (SSSR count). The molecule has 0 fully saturated rings. The van der Waals surface area contributed by atoms with Crippen LogP contribution in [0.4, 0.5) is 13.2 Å². The van der Waals surface area contributed by atoms with Gasteiger partial charge in [0.25, 0.3) is 0 Å². The lowest BCUT2D eigenvalue weighted by Gasteiger charge is -2.23. The van der Waals surface area contributed by atoms with Crippen molar-refractivity contribution in [1.82, 2.24) is 4.90 Å². The van der Waals surface area contributed by atoms with E-state index in [0.29, 0.717) is 35.8 Å². The van der Waals surface area contributed by atoms with E-state index in [4.69, 9.17) is 14.2 Å². The lowest BCUT2D eigenvalue weighted by atomic mass is 10.1. The minimum Gasteiger partial charge on any atom is -0.486 e. The third kappa shape index (κ3) is 6.13. The number of ether oxygens (including phenoxy) is 3. The van der Waals surface area contributed by atoms with Crippen LogP contribution in [0.2, 0.25) is 0 Å². The number of carbonyl (C=O) groups excluding carboxylic acids is 2. The molecule has 0 radical (unpaired) electrons. The van der Waals surface area contributed by atoms with Gasteiger partial charge in [0.05, 0.1) is 18.6 Å². The third-order valence-corrected chi connectivity index (χ3v) is 4.59. The molecule has 166 valence electrons. The maximum absolute atomic E-state index is 12.9. The van der Waals surface area contributed by atoms with Gasteiger partial charge in [-0.2, -0.15) is 13.2 Å². The van der Waals surface area contributed by atoms with Crippen LogP contribution in [0.1, 0.15) is 23.6 Å². The van der Waals surface area contributed by atoms with E-state index in [-0.39, 0.29) is 32.0 Å². The zero-order valence-electron chi connectivity index (χ0n) is 16.9. The van der Waals surface area contributed by atoms with E-state index >= 15 is 0 Å². The number of nitrogens with zero attached hydrogens (tertiary/aromatic N) is 1. The maximum atomic E-state index is 12.9. The Kier molecular flexibility index (Phi) is 7.04. The molecule has 0 saturated carbocycles. The number of halogens is 3. The second kappa shape index (κ2) is 9.72. The predicted molar refractivity (Wildman–Crippen MR) is 105 cm³/mol. The van der Waals surface area contributed by atoms with E-state index < -0.39 is 17.7 Å². The van der Waals surface area contributed by atoms with Crippen molar-refractivity contribution in [2.24, 2.45) is 0 Å². The highest BCUT2D eigenvalue weighted by Gasteiger charge is 2.30. The molecule has 0 spiro atoms. The zero-order chi connectivity index (χ0) is 22.4. The van der Waals surface area contributed by atoms with Gasteiger partial charge in [-0.05, 0) is 42.3 Å². The van der Waals surface area contributed by atoms with Gasteiger partial charge in [0, 0.05) is 6.54 Å². The molecule has 1 heterocycles. The lowest BCUT2D eigenvalue weighted by Crippen LogP contribution is -2.37. The summed E-state index contributed by atoms with van der Waals surface area (Å²) in [6, 6.07) is 9.62. The van der Waals surface area contributed by atoms with Crippen molar-refractivity contribution in [2.75, 3.05) is 26.4 Å². The van der Waals surface area contributed by atoms with Gasteiger partial charge in [-0.1, -0.05) is 18.2 Å². The summed E-state index contributed by atoms with van der Waals surface area (Å²) in [7, 11) is 0. The number of fused-ring (bicyclic) bond motifs is 1. The van der Waals surface area contributed by atoms with Crippen molar-refractivity contribution in [2.45, 2.75) is 26.1 Å². The molecule has 0 bridgehead atoms. The average molecular weight is 437 g/mol. The highest BCUT2D eigenvalue weighted by Crippen LogP contribution is 2.31. The summed E-state index contributed by atoms with van der Waals surface area (Å²) in [4.78, 5) is 26.2. The number of carbonyl (C=O) groups is 2. The summed E-state index contributed by atoms with van der Waals surface area (Å²) < 4.78 is 54.3. The number of hydrogen-bond donors (Lipinski definition) is 0. The van der Waals surface area contributed by atoms with Crippen LogP contribution in [0.15, 0.2) is 42.5 Å². The fourth-order valence-corrected chi connectivity index (χ4v) is 3.10. The van der Waals surface area contributed by atoms with E-state index in [1.54, 1.807) is 25.1 Å². The summed E-state index contributed by atoms with van der Waals surface area (Å²) in [5, 5.41) is 0. The highest BCUT2D eigenvalue weighted by molar-refractivity contribution is 5.83. The molecule has 2 aromatic rings. The Morgan fingerprint density at radius 3 is 2.29 bits per heavy atom. The first-order chi connectivity index (χ1) is 14.8. The van der Waals surface area contributed by atoms with Crippen molar-refractivity contribution >= 4 is 11.9 Å². The largest absolute Gasteiger partial charge is 0.486 e. The molecule has 0 unspecified atom stereocenters. The van der Waals surface area contributed by atoms with Gasteiger partial charge in [-0.15, -0.1) is 0 Å². The Hall–Kier alpha value is -3.23. The van der Waals surface area contributed by atoms with Gasteiger partial charge in [0.2, 0.25) is 5.91 Å². The number of rotatable bonds is 7. The van der Waals surface area contributed by atoms with Crippen molar-refractivity contribution in [3.05, 3.63) is 59.2 Å². The number of alkyl halides is 3. The number of amides is 1. The van der Waals surface area contributed by atoms with E-state index in [1.165, 1.54) is 17.0 Å². The van der Waals surface area contributed by atoms with E-state index in [0.717, 1.165) is 12.1 Å². The lowest BCUT2D eigenvalue weighted by molar-refractivity contribution is -0.149. The van der Waals surface area contributed by atoms with Crippen LogP contribution in [0, 0.1) is 0 Å². The van der Waals surface area contributed by atoms with Crippen LogP contribution in [0.25, 0.3) is 0 Å². The summed E-state index contributed by atoms with van der Waals surface area (Å²) in [5.41, 5.74) is 0.346. The highest BCUT2D eigenvalue weighted by atomic mass is 19.4. The van der Waals surface area contributed by atoms with Gasteiger partial charge < -0.3 is 19.1 Å². The SMILES string of the molecule is CCOC(=O)CN(Cc1ccc(C(F)(F)F)cc1)C(=O)Cc1ccc2c(c1)OCCO2. The minimum absolute atomic E-state index is 0.0172. The van der Waals surface area contributed by atoms with Crippen molar-refractivity contribution in [3.8, 4) is 11.5 Å². The Bertz CT molecular complexity index is 928. The summed E-state index contributed by atoms with van der Waals surface area (Å²) in [6.07, 6.45) is -4.46. The predicted octanol–water partition coefficient (Wildman–Crippen LogP) is 3.61. The Morgan fingerprint density at radius 2 is 1.65 bits per heavy atom. The molecule has 0 aliphatic carbocycles. The quantitative estimate of drug-likeness (QED) is 0.620. The van der Waals surface area contributed by atoms with E-state index in [1.807, 2.05) is 0 Å². The van der Waals surface area contributed by atoms with Crippen molar-refractivity contribution in [3.63, 3.8) is 0 Å². The van der Waals surface area contributed by atoms with Gasteiger partial charge >= 0.3 is 12.1 Å². The molecule has 0 N–H and O–H groups in total. The maximum Gasteiger partial charge on any atom is 0.416 e. The molecule has 0 atom stereocenters. The topological polar surface area (TPSA) is 65.1 Å². The molecule has 2 aromatic carbocycles. The second-order valence-electron chi connectivity index (χ2n) is 6.90. The standard InChI is InChI=1S/C22H22F3NO5/c1-2-29-21(28)14-26(13-15-3-6-17(7-4-15)22(23,24)25)20(27)12-16-5-8-18-19(11-16)31-10-9-30-18/h3-8,11H,2,9-10,12-14H2,1H3. The molecule has 1 aliphatic rings. The third-order valence-electron chi connectivity index (χ3n) is 4.59. The Morgan fingerprint density at radius 1 is 1.00 bits per heavy atom. The number of benzene rings is 2. The molecular weight excluding hydrogens is 415 g/mol.